The van der Waals surface area contributed by atoms with Crippen LogP contribution in [0.4, 0.5) is 0 Å². The van der Waals surface area contributed by atoms with Crippen molar-refractivity contribution in [2.75, 3.05) is 19.8 Å². The standard InChI is InChI=1S/C9H16O7/c10-1-5-6(11)7(12)8(13)9(16-5)15-3-4-2-14-4/h4-13H,1-3H2/t4-,5-,6-,7+,8-,9-/m1/s1. The zero-order chi connectivity index (χ0) is 11.7. The van der Waals surface area contributed by atoms with E-state index in [0.717, 1.165) is 0 Å². The maximum absolute atomic E-state index is 9.57. The van der Waals surface area contributed by atoms with Gasteiger partial charge in [-0.1, -0.05) is 0 Å². The Bertz CT molecular complexity index is 230. The molecule has 4 N–H and O–H groups in total. The molecule has 0 aliphatic carbocycles. The summed E-state index contributed by atoms with van der Waals surface area (Å²) in [4.78, 5) is 0. The molecule has 0 spiro atoms. The molecule has 94 valence electrons. The monoisotopic (exact) mass is 236 g/mol. The van der Waals surface area contributed by atoms with Gasteiger partial charge in [-0.3, -0.25) is 0 Å². The predicted molar refractivity (Wildman–Crippen MR) is 49.5 cm³/mol. The highest BCUT2D eigenvalue weighted by molar-refractivity contribution is 4.89. The van der Waals surface area contributed by atoms with Crippen molar-refractivity contribution in [3.63, 3.8) is 0 Å². The molecule has 0 aromatic carbocycles. The number of hydrogen-bond donors (Lipinski definition) is 4. The Labute approximate surface area is 92.2 Å². The fourth-order valence-electron chi connectivity index (χ4n) is 1.57. The minimum Gasteiger partial charge on any atom is -0.394 e. The van der Waals surface area contributed by atoms with Gasteiger partial charge < -0.3 is 34.6 Å². The molecule has 7 nitrogen and oxygen atoms in total. The van der Waals surface area contributed by atoms with E-state index in [1.165, 1.54) is 0 Å². The number of rotatable bonds is 4. The van der Waals surface area contributed by atoms with E-state index in [1.807, 2.05) is 0 Å². The summed E-state index contributed by atoms with van der Waals surface area (Å²) in [6.07, 6.45) is -6.06. The quantitative estimate of drug-likeness (QED) is 0.390. The molecule has 0 aromatic heterocycles. The second kappa shape index (κ2) is 4.92. The molecule has 0 radical (unpaired) electrons. The van der Waals surface area contributed by atoms with E-state index < -0.39 is 37.3 Å². The summed E-state index contributed by atoms with van der Waals surface area (Å²) in [5, 5.41) is 37.4. The minimum absolute atomic E-state index is 0.00682. The van der Waals surface area contributed by atoms with Crippen LogP contribution in [-0.4, -0.2) is 77.1 Å². The first-order valence-corrected chi connectivity index (χ1v) is 5.17. The highest BCUT2D eigenvalue weighted by Gasteiger charge is 2.44. The van der Waals surface area contributed by atoms with Crippen LogP contribution in [0, 0.1) is 0 Å². The van der Waals surface area contributed by atoms with Crippen molar-refractivity contribution in [3.8, 4) is 0 Å². The van der Waals surface area contributed by atoms with Crippen molar-refractivity contribution in [2.24, 2.45) is 0 Å². The minimum atomic E-state index is -1.39. The van der Waals surface area contributed by atoms with Crippen LogP contribution in [0.3, 0.4) is 0 Å². The molecule has 16 heavy (non-hydrogen) atoms. The molecule has 0 bridgehead atoms. The molecule has 2 saturated heterocycles. The summed E-state index contributed by atoms with van der Waals surface area (Å²) in [5.74, 6) is 0. The van der Waals surface area contributed by atoms with Crippen molar-refractivity contribution in [1.29, 1.82) is 0 Å². The number of epoxide rings is 1. The molecule has 6 atom stereocenters. The van der Waals surface area contributed by atoms with Crippen LogP contribution in [-0.2, 0) is 14.2 Å². The topological polar surface area (TPSA) is 112 Å². The van der Waals surface area contributed by atoms with E-state index in [-0.39, 0.29) is 12.7 Å². The Morgan fingerprint density at radius 2 is 1.81 bits per heavy atom. The lowest BCUT2D eigenvalue weighted by Gasteiger charge is -2.39. The van der Waals surface area contributed by atoms with Gasteiger partial charge in [0.2, 0.25) is 0 Å². The Hall–Kier alpha value is -0.280. The average molecular weight is 236 g/mol. The Balaban J connectivity index is 1.89. The van der Waals surface area contributed by atoms with E-state index in [0.29, 0.717) is 6.61 Å². The predicted octanol–water partition coefficient (Wildman–Crippen LogP) is -2.80. The number of aliphatic hydroxyl groups excluding tert-OH is 4. The smallest absolute Gasteiger partial charge is 0.186 e. The van der Waals surface area contributed by atoms with Crippen molar-refractivity contribution >= 4 is 0 Å². The molecule has 7 heteroatoms. The molecular formula is C9H16O7. The second-order valence-electron chi connectivity index (χ2n) is 3.99. The fraction of sp³-hybridized carbons (Fsp3) is 1.00. The van der Waals surface area contributed by atoms with Crippen molar-refractivity contribution in [2.45, 2.75) is 36.8 Å². The van der Waals surface area contributed by atoms with Gasteiger partial charge in [-0.05, 0) is 0 Å². The lowest BCUT2D eigenvalue weighted by atomic mass is 9.99. The van der Waals surface area contributed by atoms with Crippen molar-refractivity contribution in [1.82, 2.24) is 0 Å². The van der Waals surface area contributed by atoms with E-state index in [4.69, 9.17) is 19.3 Å². The maximum Gasteiger partial charge on any atom is 0.186 e. The number of aliphatic hydroxyl groups is 4. The summed E-state index contributed by atoms with van der Waals surface area (Å²) in [5.41, 5.74) is 0. The van der Waals surface area contributed by atoms with Gasteiger partial charge >= 0.3 is 0 Å². The van der Waals surface area contributed by atoms with Crippen molar-refractivity contribution < 1.29 is 34.6 Å². The highest BCUT2D eigenvalue weighted by atomic mass is 16.7. The summed E-state index contributed by atoms with van der Waals surface area (Å²) in [7, 11) is 0. The summed E-state index contributed by atoms with van der Waals surface area (Å²) >= 11 is 0. The zero-order valence-electron chi connectivity index (χ0n) is 8.60. The van der Waals surface area contributed by atoms with Crippen LogP contribution < -0.4 is 0 Å². The van der Waals surface area contributed by atoms with Gasteiger partial charge in [0.05, 0.1) is 19.8 Å². The molecule has 2 heterocycles. The molecule has 2 fully saturated rings. The molecule has 2 aliphatic rings. The first kappa shape index (κ1) is 12.2. The molecule has 0 saturated carbocycles. The highest BCUT2D eigenvalue weighted by Crippen LogP contribution is 2.23. The first-order chi connectivity index (χ1) is 7.63. The van der Waals surface area contributed by atoms with Crippen LogP contribution in [0.2, 0.25) is 0 Å². The molecule has 0 amide bonds. The third-order valence-electron chi connectivity index (χ3n) is 2.70. The SMILES string of the molecule is OC[C@H]1O[C@@H](OC[C@H]2CO2)[C@H](O)[C@@H](O)[C@@H]1O. The Kier molecular flexibility index (Phi) is 3.75. The normalized spacial score (nSPS) is 48.0. The number of hydrogen-bond acceptors (Lipinski definition) is 7. The van der Waals surface area contributed by atoms with Gasteiger partial charge in [0, 0.05) is 0 Å². The van der Waals surface area contributed by atoms with Crippen molar-refractivity contribution in [3.05, 3.63) is 0 Å². The second-order valence-corrected chi connectivity index (χ2v) is 3.99. The zero-order valence-corrected chi connectivity index (χ0v) is 8.60. The lowest BCUT2D eigenvalue weighted by molar-refractivity contribution is -0.301. The fourth-order valence-corrected chi connectivity index (χ4v) is 1.57. The van der Waals surface area contributed by atoms with Gasteiger partial charge in [0.25, 0.3) is 0 Å². The molecule has 2 aliphatic heterocycles. The van der Waals surface area contributed by atoms with Crippen LogP contribution >= 0.6 is 0 Å². The Morgan fingerprint density at radius 1 is 1.12 bits per heavy atom. The van der Waals surface area contributed by atoms with Crippen LogP contribution in [0.1, 0.15) is 0 Å². The first-order valence-electron chi connectivity index (χ1n) is 5.17. The number of ether oxygens (including phenoxy) is 3. The van der Waals surface area contributed by atoms with Crippen LogP contribution in [0.15, 0.2) is 0 Å². The van der Waals surface area contributed by atoms with Gasteiger partial charge in [0.1, 0.15) is 30.5 Å². The summed E-state index contributed by atoms with van der Waals surface area (Å²) < 4.78 is 15.2. The average Bonchev–Trinajstić information content (AvgIpc) is 3.09. The van der Waals surface area contributed by atoms with Gasteiger partial charge in [-0.2, -0.15) is 0 Å². The van der Waals surface area contributed by atoms with E-state index in [2.05, 4.69) is 0 Å². The van der Waals surface area contributed by atoms with E-state index in [1.54, 1.807) is 0 Å². The molecule has 0 unspecified atom stereocenters. The lowest BCUT2D eigenvalue weighted by Crippen LogP contribution is -2.59. The maximum atomic E-state index is 9.57. The Morgan fingerprint density at radius 3 is 2.38 bits per heavy atom. The molecule has 2 rings (SSSR count). The van der Waals surface area contributed by atoms with E-state index >= 15 is 0 Å². The largest absolute Gasteiger partial charge is 0.394 e. The third kappa shape index (κ3) is 2.51. The van der Waals surface area contributed by atoms with Gasteiger partial charge in [-0.25, -0.2) is 0 Å². The molecular weight excluding hydrogens is 220 g/mol. The molecule has 0 aromatic rings. The van der Waals surface area contributed by atoms with Gasteiger partial charge in [0.15, 0.2) is 6.29 Å². The van der Waals surface area contributed by atoms with Gasteiger partial charge in [-0.15, -0.1) is 0 Å². The van der Waals surface area contributed by atoms with E-state index in [9.17, 15) is 15.3 Å². The van der Waals surface area contributed by atoms with Crippen LogP contribution in [0.5, 0.6) is 0 Å². The third-order valence-corrected chi connectivity index (χ3v) is 2.70. The summed E-state index contributed by atoms with van der Waals surface area (Å²) in [6.45, 7) is 0.408. The van der Waals surface area contributed by atoms with Crippen LogP contribution in [0.25, 0.3) is 0 Å². The summed E-state index contributed by atoms with van der Waals surface area (Å²) in [6, 6.07) is 0.